The van der Waals surface area contributed by atoms with Gasteiger partial charge in [-0.15, -0.1) is 0 Å². The molecule has 3 rings (SSSR count). The Balaban J connectivity index is 1.90. The first kappa shape index (κ1) is 13.1. The van der Waals surface area contributed by atoms with Crippen LogP contribution in [0.15, 0.2) is 24.3 Å². The van der Waals surface area contributed by atoms with E-state index in [4.69, 9.17) is 16.3 Å². The summed E-state index contributed by atoms with van der Waals surface area (Å²) in [5, 5.41) is 3.27. The van der Waals surface area contributed by atoms with Crippen LogP contribution in [0.25, 0.3) is 0 Å². The largest absolute Gasteiger partial charge is 0.497 e. The number of methoxy groups -OCH3 is 1. The van der Waals surface area contributed by atoms with Crippen molar-refractivity contribution in [1.82, 2.24) is 9.97 Å². The third-order valence-corrected chi connectivity index (χ3v) is 3.28. The molecule has 0 radical (unpaired) electrons. The van der Waals surface area contributed by atoms with Crippen LogP contribution in [0, 0.1) is 5.82 Å². The summed E-state index contributed by atoms with van der Waals surface area (Å²) in [6.45, 7) is 0. The Labute approximate surface area is 121 Å². The van der Waals surface area contributed by atoms with E-state index in [2.05, 4.69) is 15.3 Å². The van der Waals surface area contributed by atoms with Crippen molar-refractivity contribution >= 4 is 23.1 Å². The zero-order chi connectivity index (χ0) is 14.1. The predicted octanol–water partition coefficient (Wildman–Crippen LogP) is 3.90. The first-order valence-corrected chi connectivity index (χ1v) is 6.68. The lowest BCUT2D eigenvalue weighted by molar-refractivity contribution is 0.414. The number of nitrogens with zero attached hydrogens (tertiary/aromatic N) is 2. The molecule has 0 spiro atoms. The van der Waals surface area contributed by atoms with Gasteiger partial charge in [0.2, 0.25) is 0 Å². The third kappa shape index (κ3) is 2.82. The molecule has 1 saturated carbocycles. The number of hydrogen-bond acceptors (Lipinski definition) is 4. The topological polar surface area (TPSA) is 47.0 Å². The molecule has 0 atom stereocenters. The molecule has 20 heavy (non-hydrogen) atoms. The Morgan fingerprint density at radius 1 is 1.30 bits per heavy atom. The maximum absolute atomic E-state index is 13.8. The number of rotatable bonds is 4. The van der Waals surface area contributed by atoms with Crippen molar-refractivity contribution in [2.75, 3.05) is 12.4 Å². The van der Waals surface area contributed by atoms with Gasteiger partial charge in [-0.05, 0) is 25.0 Å². The SMILES string of the molecule is COc1ccc(F)c(Nc2cc(Cl)nc(C3CC3)n2)c1. The molecule has 1 aliphatic rings. The Hall–Kier alpha value is -1.88. The maximum atomic E-state index is 13.8. The smallest absolute Gasteiger partial charge is 0.146 e. The van der Waals surface area contributed by atoms with Gasteiger partial charge in [-0.2, -0.15) is 0 Å². The van der Waals surface area contributed by atoms with E-state index in [-0.39, 0.29) is 5.82 Å². The molecule has 1 N–H and O–H groups in total. The van der Waals surface area contributed by atoms with Crippen LogP contribution in [0.5, 0.6) is 5.75 Å². The van der Waals surface area contributed by atoms with Gasteiger partial charge in [0.1, 0.15) is 28.4 Å². The molecule has 104 valence electrons. The van der Waals surface area contributed by atoms with Crippen molar-refractivity contribution in [2.24, 2.45) is 0 Å². The highest BCUT2D eigenvalue weighted by Gasteiger charge is 2.27. The number of hydrogen-bond donors (Lipinski definition) is 1. The Bertz CT molecular complexity index is 646. The maximum Gasteiger partial charge on any atom is 0.146 e. The molecule has 6 heteroatoms. The summed E-state index contributed by atoms with van der Waals surface area (Å²) in [5.74, 6) is 1.76. The van der Waals surface area contributed by atoms with E-state index in [9.17, 15) is 4.39 Å². The van der Waals surface area contributed by atoms with Crippen molar-refractivity contribution in [2.45, 2.75) is 18.8 Å². The second-order valence-electron chi connectivity index (χ2n) is 4.68. The van der Waals surface area contributed by atoms with Crippen LogP contribution in [0.3, 0.4) is 0 Å². The predicted molar refractivity (Wildman–Crippen MR) is 75.3 cm³/mol. The second-order valence-corrected chi connectivity index (χ2v) is 5.07. The lowest BCUT2D eigenvalue weighted by Crippen LogP contribution is -2.01. The van der Waals surface area contributed by atoms with Crippen molar-refractivity contribution in [3.05, 3.63) is 41.1 Å². The van der Waals surface area contributed by atoms with Crippen molar-refractivity contribution in [3.8, 4) is 5.75 Å². The Morgan fingerprint density at radius 3 is 2.80 bits per heavy atom. The van der Waals surface area contributed by atoms with Gasteiger partial charge in [0.25, 0.3) is 0 Å². The van der Waals surface area contributed by atoms with Gasteiger partial charge in [-0.3, -0.25) is 0 Å². The van der Waals surface area contributed by atoms with E-state index < -0.39 is 0 Å². The quantitative estimate of drug-likeness (QED) is 0.869. The highest BCUT2D eigenvalue weighted by Crippen LogP contribution is 2.39. The van der Waals surface area contributed by atoms with Gasteiger partial charge in [0.15, 0.2) is 0 Å². The van der Waals surface area contributed by atoms with E-state index in [1.807, 2.05) is 0 Å². The number of nitrogens with one attached hydrogen (secondary N) is 1. The average molecular weight is 294 g/mol. The van der Waals surface area contributed by atoms with E-state index in [1.165, 1.54) is 13.2 Å². The summed E-state index contributed by atoms with van der Waals surface area (Å²) in [6.07, 6.45) is 2.15. The summed E-state index contributed by atoms with van der Waals surface area (Å²) in [7, 11) is 1.53. The van der Waals surface area contributed by atoms with Crippen LogP contribution >= 0.6 is 11.6 Å². The molecular formula is C14H13ClFN3O. The summed E-state index contributed by atoms with van der Waals surface area (Å²) in [5.41, 5.74) is 0.292. The zero-order valence-electron chi connectivity index (χ0n) is 10.9. The van der Waals surface area contributed by atoms with Crippen LogP contribution in [0.2, 0.25) is 5.15 Å². The molecule has 0 amide bonds. The lowest BCUT2D eigenvalue weighted by Gasteiger charge is -2.10. The zero-order valence-corrected chi connectivity index (χ0v) is 11.6. The van der Waals surface area contributed by atoms with E-state index in [0.29, 0.717) is 34.2 Å². The van der Waals surface area contributed by atoms with Crippen molar-refractivity contribution in [3.63, 3.8) is 0 Å². The molecule has 1 aromatic carbocycles. The van der Waals surface area contributed by atoms with Crippen LogP contribution in [-0.4, -0.2) is 17.1 Å². The Morgan fingerprint density at radius 2 is 2.10 bits per heavy atom. The van der Waals surface area contributed by atoms with Gasteiger partial charge < -0.3 is 10.1 Å². The van der Waals surface area contributed by atoms with Crippen LogP contribution in [0.4, 0.5) is 15.9 Å². The molecule has 1 aromatic heterocycles. The van der Waals surface area contributed by atoms with Gasteiger partial charge >= 0.3 is 0 Å². The third-order valence-electron chi connectivity index (χ3n) is 3.09. The minimum Gasteiger partial charge on any atom is -0.497 e. The fourth-order valence-corrected chi connectivity index (χ4v) is 2.08. The van der Waals surface area contributed by atoms with Gasteiger partial charge in [-0.1, -0.05) is 11.6 Å². The fourth-order valence-electron chi connectivity index (χ4n) is 1.89. The van der Waals surface area contributed by atoms with E-state index in [0.717, 1.165) is 12.8 Å². The number of ether oxygens (including phenoxy) is 1. The van der Waals surface area contributed by atoms with Crippen molar-refractivity contribution in [1.29, 1.82) is 0 Å². The highest BCUT2D eigenvalue weighted by atomic mass is 35.5. The number of aromatic nitrogens is 2. The van der Waals surface area contributed by atoms with Gasteiger partial charge in [-0.25, -0.2) is 14.4 Å². The molecule has 0 unspecified atom stereocenters. The normalized spacial score (nSPS) is 14.2. The molecule has 1 aliphatic carbocycles. The summed E-state index contributed by atoms with van der Waals surface area (Å²) in [4.78, 5) is 8.56. The van der Waals surface area contributed by atoms with Crippen LogP contribution in [0.1, 0.15) is 24.6 Å². The molecule has 1 heterocycles. The van der Waals surface area contributed by atoms with Crippen molar-refractivity contribution < 1.29 is 9.13 Å². The number of anilines is 2. The van der Waals surface area contributed by atoms with Gasteiger partial charge in [0.05, 0.1) is 12.8 Å². The average Bonchev–Trinajstić information content (AvgIpc) is 3.25. The first-order valence-electron chi connectivity index (χ1n) is 6.31. The second kappa shape index (κ2) is 5.25. The highest BCUT2D eigenvalue weighted by molar-refractivity contribution is 6.29. The lowest BCUT2D eigenvalue weighted by atomic mass is 10.3. The molecule has 4 nitrogen and oxygen atoms in total. The Kier molecular flexibility index (Phi) is 3.44. The standard InChI is InChI=1S/C14H13ClFN3O/c1-20-9-4-5-10(16)11(6-9)17-13-7-12(15)18-14(19-13)8-2-3-8/h4-8H,2-3H2,1H3,(H,17,18,19). The first-order chi connectivity index (χ1) is 9.65. The van der Waals surface area contributed by atoms with Gasteiger partial charge in [0, 0.05) is 18.1 Å². The van der Waals surface area contributed by atoms with Crippen LogP contribution in [-0.2, 0) is 0 Å². The van der Waals surface area contributed by atoms with E-state index in [1.54, 1.807) is 18.2 Å². The monoisotopic (exact) mass is 293 g/mol. The molecule has 0 bridgehead atoms. The summed E-state index contributed by atoms with van der Waals surface area (Å²) in [6, 6.07) is 6.04. The molecule has 0 saturated heterocycles. The minimum absolute atomic E-state index is 0.292. The number of halogens is 2. The molecule has 0 aliphatic heterocycles. The summed E-state index contributed by atoms with van der Waals surface area (Å²) < 4.78 is 18.8. The summed E-state index contributed by atoms with van der Waals surface area (Å²) >= 11 is 5.98. The van der Waals surface area contributed by atoms with E-state index >= 15 is 0 Å². The molecule has 2 aromatic rings. The molecule has 1 fully saturated rings. The number of benzene rings is 1. The molecular weight excluding hydrogens is 281 g/mol. The fraction of sp³-hybridized carbons (Fsp3) is 0.286. The van der Waals surface area contributed by atoms with Crippen LogP contribution < -0.4 is 10.1 Å². The minimum atomic E-state index is -0.381.